The second kappa shape index (κ2) is 6.95. The Labute approximate surface area is 143 Å². The Hall–Kier alpha value is -2.49. The maximum atomic E-state index is 12.7. The number of fused-ring (bicyclic) bond motifs is 1. The maximum absolute atomic E-state index is 12.7. The molecule has 126 valence electrons. The van der Waals surface area contributed by atoms with E-state index < -0.39 is 0 Å². The number of amides is 1. The molecule has 1 atom stereocenters. The van der Waals surface area contributed by atoms with Crippen molar-refractivity contribution in [2.24, 2.45) is 0 Å². The van der Waals surface area contributed by atoms with Crippen LogP contribution >= 0.6 is 0 Å². The molecule has 4 nitrogen and oxygen atoms in total. The van der Waals surface area contributed by atoms with E-state index in [1.54, 1.807) is 14.2 Å². The first-order valence-electron chi connectivity index (χ1n) is 8.21. The highest BCUT2D eigenvalue weighted by Crippen LogP contribution is 2.32. The van der Waals surface area contributed by atoms with Crippen molar-refractivity contribution in [1.82, 2.24) is 4.90 Å². The van der Waals surface area contributed by atoms with Gasteiger partial charge in [-0.15, -0.1) is 0 Å². The van der Waals surface area contributed by atoms with Gasteiger partial charge in [0.25, 0.3) is 0 Å². The van der Waals surface area contributed by atoms with E-state index in [0.29, 0.717) is 6.42 Å². The van der Waals surface area contributed by atoms with Crippen LogP contribution in [0.2, 0.25) is 0 Å². The fourth-order valence-electron chi connectivity index (χ4n) is 3.30. The molecule has 0 aliphatic carbocycles. The zero-order valence-electron chi connectivity index (χ0n) is 14.4. The molecule has 1 heterocycles. The molecule has 0 radical (unpaired) electrons. The summed E-state index contributed by atoms with van der Waals surface area (Å²) in [5.41, 5.74) is 3.49. The molecule has 0 aromatic heterocycles. The van der Waals surface area contributed by atoms with Gasteiger partial charge in [0.1, 0.15) is 11.5 Å². The molecule has 4 heteroatoms. The van der Waals surface area contributed by atoms with Gasteiger partial charge in [0.15, 0.2) is 0 Å². The topological polar surface area (TPSA) is 38.8 Å². The second-order valence-corrected chi connectivity index (χ2v) is 6.10. The first kappa shape index (κ1) is 16.4. The van der Waals surface area contributed by atoms with Gasteiger partial charge in [-0.3, -0.25) is 4.79 Å². The molecular formula is C20H23NO3. The van der Waals surface area contributed by atoms with Crippen LogP contribution in [0.1, 0.15) is 29.7 Å². The van der Waals surface area contributed by atoms with Gasteiger partial charge in [-0.2, -0.15) is 0 Å². The summed E-state index contributed by atoms with van der Waals surface area (Å²) in [6, 6.07) is 13.9. The molecule has 0 spiro atoms. The minimum absolute atomic E-state index is 0.0883. The fourth-order valence-corrected chi connectivity index (χ4v) is 3.30. The SMILES string of the molecule is COc1ccc(CC(=O)N2CCc3cc(OC)ccc3C2C)cc1. The van der Waals surface area contributed by atoms with Crippen molar-refractivity contribution in [3.05, 3.63) is 59.2 Å². The Bertz CT molecular complexity index is 724. The summed E-state index contributed by atoms with van der Waals surface area (Å²) < 4.78 is 10.5. The standard InChI is InChI=1S/C20H23NO3/c1-14-19-9-8-18(24-3)13-16(19)10-11-21(14)20(22)12-15-4-6-17(23-2)7-5-15/h4-9,13-14H,10-12H2,1-3H3. The number of rotatable bonds is 4. The lowest BCUT2D eigenvalue weighted by molar-refractivity contribution is -0.133. The quantitative estimate of drug-likeness (QED) is 0.865. The van der Waals surface area contributed by atoms with Crippen LogP contribution in [0, 0.1) is 0 Å². The minimum Gasteiger partial charge on any atom is -0.497 e. The third-order valence-corrected chi connectivity index (χ3v) is 4.72. The van der Waals surface area contributed by atoms with Crippen LogP contribution in [0.5, 0.6) is 11.5 Å². The third kappa shape index (κ3) is 3.23. The molecule has 1 amide bonds. The third-order valence-electron chi connectivity index (χ3n) is 4.72. The van der Waals surface area contributed by atoms with Gasteiger partial charge in [0.2, 0.25) is 5.91 Å². The van der Waals surface area contributed by atoms with Crippen molar-refractivity contribution in [3.63, 3.8) is 0 Å². The number of hydrogen-bond donors (Lipinski definition) is 0. The molecule has 3 rings (SSSR count). The summed E-state index contributed by atoms with van der Waals surface area (Å²) in [4.78, 5) is 14.7. The summed E-state index contributed by atoms with van der Waals surface area (Å²) in [6.07, 6.45) is 1.28. The van der Waals surface area contributed by atoms with Crippen molar-refractivity contribution >= 4 is 5.91 Å². The van der Waals surface area contributed by atoms with Crippen LogP contribution in [-0.4, -0.2) is 31.6 Å². The van der Waals surface area contributed by atoms with Crippen molar-refractivity contribution in [3.8, 4) is 11.5 Å². The highest BCUT2D eigenvalue weighted by molar-refractivity contribution is 5.79. The predicted molar refractivity (Wildman–Crippen MR) is 93.5 cm³/mol. The van der Waals surface area contributed by atoms with Gasteiger partial charge in [-0.25, -0.2) is 0 Å². The van der Waals surface area contributed by atoms with Crippen LogP contribution in [0.3, 0.4) is 0 Å². The Morgan fingerprint density at radius 2 is 1.75 bits per heavy atom. The number of methoxy groups -OCH3 is 2. The first-order valence-corrected chi connectivity index (χ1v) is 8.21. The average molecular weight is 325 g/mol. The zero-order valence-corrected chi connectivity index (χ0v) is 14.4. The Morgan fingerprint density at radius 1 is 1.08 bits per heavy atom. The normalized spacial score (nSPS) is 16.5. The lowest BCUT2D eigenvalue weighted by atomic mass is 9.92. The molecule has 1 unspecified atom stereocenters. The van der Waals surface area contributed by atoms with E-state index in [1.165, 1.54) is 11.1 Å². The first-order chi connectivity index (χ1) is 11.6. The molecule has 0 fully saturated rings. The van der Waals surface area contributed by atoms with Crippen molar-refractivity contribution in [2.75, 3.05) is 20.8 Å². The molecule has 2 aromatic carbocycles. The number of carbonyl (C=O) groups is 1. The van der Waals surface area contributed by atoms with Gasteiger partial charge in [0.05, 0.1) is 26.7 Å². The summed E-state index contributed by atoms with van der Waals surface area (Å²) in [5, 5.41) is 0. The monoisotopic (exact) mass is 325 g/mol. The Morgan fingerprint density at radius 3 is 2.42 bits per heavy atom. The number of ether oxygens (including phenoxy) is 2. The van der Waals surface area contributed by atoms with Crippen LogP contribution in [-0.2, 0) is 17.6 Å². The van der Waals surface area contributed by atoms with Gasteiger partial charge >= 0.3 is 0 Å². The van der Waals surface area contributed by atoms with E-state index in [9.17, 15) is 4.79 Å². The van der Waals surface area contributed by atoms with Crippen molar-refractivity contribution in [1.29, 1.82) is 0 Å². The molecule has 0 bridgehead atoms. The summed E-state index contributed by atoms with van der Waals surface area (Å²) in [5.74, 6) is 1.84. The van der Waals surface area contributed by atoms with E-state index in [2.05, 4.69) is 19.1 Å². The highest BCUT2D eigenvalue weighted by atomic mass is 16.5. The molecular weight excluding hydrogens is 302 g/mol. The predicted octanol–water partition coefficient (Wildman–Crippen LogP) is 3.39. The van der Waals surface area contributed by atoms with Crippen molar-refractivity contribution in [2.45, 2.75) is 25.8 Å². The van der Waals surface area contributed by atoms with E-state index in [1.807, 2.05) is 35.2 Å². The molecule has 0 N–H and O–H groups in total. The van der Waals surface area contributed by atoms with Crippen LogP contribution < -0.4 is 9.47 Å². The molecule has 1 aliphatic heterocycles. The zero-order chi connectivity index (χ0) is 17.1. The van der Waals surface area contributed by atoms with Crippen molar-refractivity contribution < 1.29 is 14.3 Å². The van der Waals surface area contributed by atoms with Gasteiger partial charge < -0.3 is 14.4 Å². The van der Waals surface area contributed by atoms with Crippen LogP contribution in [0.4, 0.5) is 0 Å². The smallest absolute Gasteiger partial charge is 0.227 e. The summed E-state index contributed by atoms with van der Waals surface area (Å²) in [7, 11) is 3.32. The highest BCUT2D eigenvalue weighted by Gasteiger charge is 2.27. The van der Waals surface area contributed by atoms with E-state index in [0.717, 1.165) is 30.0 Å². The van der Waals surface area contributed by atoms with E-state index >= 15 is 0 Å². The lowest BCUT2D eigenvalue weighted by Crippen LogP contribution is -2.39. The molecule has 0 saturated carbocycles. The lowest BCUT2D eigenvalue weighted by Gasteiger charge is -2.35. The number of nitrogens with zero attached hydrogens (tertiary/aromatic N) is 1. The van der Waals surface area contributed by atoms with Gasteiger partial charge in [-0.1, -0.05) is 18.2 Å². The minimum atomic E-state index is 0.0883. The number of hydrogen-bond acceptors (Lipinski definition) is 3. The molecule has 1 aliphatic rings. The summed E-state index contributed by atoms with van der Waals surface area (Å²) in [6.45, 7) is 2.84. The average Bonchev–Trinajstić information content (AvgIpc) is 2.62. The fraction of sp³-hybridized carbons (Fsp3) is 0.350. The maximum Gasteiger partial charge on any atom is 0.227 e. The Kier molecular flexibility index (Phi) is 4.74. The largest absolute Gasteiger partial charge is 0.497 e. The van der Waals surface area contributed by atoms with E-state index in [-0.39, 0.29) is 11.9 Å². The number of benzene rings is 2. The van der Waals surface area contributed by atoms with E-state index in [4.69, 9.17) is 9.47 Å². The van der Waals surface area contributed by atoms with Gasteiger partial charge in [-0.05, 0) is 54.3 Å². The van der Waals surface area contributed by atoms with Crippen LogP contribution in [0.25, 0.3) is 0 Å². The van der Waals surface area contributed by atoms with Gasteiger partial charge in [0, 0.05) is 6.54 Å². The molecule has 2 aromatic rings. The number of carbonyl (C=O) groups excluding carboxylic acids is 1. The second-order valence-electron chi connectivity index (χ2n) is 6.10. The Balaban J connectivity index is 1.73. The molecule has 0 saturated heterocycles. The van der Waals surface area contributed by atoms with Crippen LogP contribution in [0.15, 0.2) is 42.5 Å². The molecule has 24 heavy (non-hydrogen) atoms. The summed E-state index contributed by atoms with van der Waals surface area (Å²) >= 11 is 0.